The molecule has 0 saturated carbocycles. The quantitative estimate of drug-likeness (QED) is 0.201. The van der Waals surface area contributed by atoms with Crippen LogP contribution in [-0.4, -0.2) is 44.7 Å². The van der Waals surface area contributed by atoms with E-state index in [9.17, 15) is 13.6 Å². The number of carbonyl (C=O) groups is 1. The van der Waals surface area contributed by atoms with Crippen LogP contribution in [0.4, 0.5) is 8.78 Å². The van der Waals surface area contributed by atoms with Crippen molar-refractivity contribution in [3.8, 4) is 5.75 Å². The van der Waals surface area contributed by atoms with E-state index in [1.54, 1.807) is 37.4 Å². The first-order valence-electron chi connectivity index (χ1n) is 9.34. The van der Waals surface area contributed by atoms with Crippen molar-refractivity contribution >= 4 is 35.8 Å². The van der Waals surface area contributed by atoms with E-state index in [-0.39, 0.29) is 54.0 Å². The number of benzene rings is 2. The summed E-state index contributed by atoms with van der Waals surface area (Å²) in [6.07, 6.45) is -0.0844. The number of ether oxygens (including phenoxy) is 1. The van der Waals surface area contributed by atoms with E-state index in [0.717, 1.165) is 5.56 Å². The zero-order chi connectivity index (χ0) is 21.1. The fourth-order valence-corrected chi connectivity index (χ4v) is 2.49. The molecule has 0 radical (unpaired) electrons. The Hall–Kier alpha value is -2.43. The standard InChI is InChI=1S/C21H26F2N4O2.HI/c1-15(29-19-6-4-3-5-18(19)23)14-27-21(24-2)26-12-11-25-20(28)13-16-7-9-17(22)10-8-16;/h3-10,15H,11-14H2,1-2H3,(H,25,28)(H2,24,26,27);1H. The first-order chi connectivity index (χ1) is 14.0. The largest absolute Gasteiger partial charge is 0.486 e. The Kier molecular flexibility index (Phi) is 11.7. The van der Waals surface area contributed by atoms with Gasteiger partial charge in [-0.25, -0.2) is 8.78 Å². The molecule has 1 atom stereocenters. The number of hydrogen-bond acceptors (Lipinski definition) is 3. The Morgan fingerprint density at radius 3 is 2.37 bits per heavy atom. The fraction of sp³-hybridized carbons (Fsp3) is 0.333. The zero-order valence-corrected chi connectivity index (χ0v) is 19.3. The molecule has 2 aromatic rings. The average molecular weight is 532 g/mol. The number of aliphatic imine (C=N–C) groups is 1. The summed E-state index contributed by atoms with van der Waals surface area (Å²) < 4.78 is 32.0. The Morgan fingerprint density at radius 1 is 1.03 bits per heavy atom. The van der Waals surface area contributed by atoms with Gasteiger partial charge in [0.05, 0.1) is 13.0 Å². The van der Waals surface area contributed by atoms with Gasteiger partial charge in [-0.1, -0.05) is 24.3 Å². The molecule has 0 aromatic heterocycles. The summed E-state index contributed by atoms with van der Waals surface area (Å²) in [5.74, 6) is -0.132. The van der Waals surface area contributed by atoms with Gasteiger partial charge in [0, 0.05) is 20.1 Å². The molecule has 164 valence electrons. The van der Waals surface area contributed by atoms with Gasteiger partial charge < -0.3 is 20.7 Å². The first-order valence-corrected chi connectivity index (χ1v) is 9.34. The maximum absolute atomic E-state index is 13.6. The summed E-state index contributed by atoms with van der Waals surface area (Å²) in [6.45, 7) is 3.12. The molecule has 0 aliphatic heterocycles. The molecule has 30 heavy (non-hydrogen) atoms. The Bertz CT molecular complexity index is 819. The van der Waals surface area contributed by atoms with E-state index in [1.807, 2.05) is 6.92 Å². The lowest BCUT2D eigenvalue weighted by molar-refractivity contribution is -0.120. The van der Waals surface area contributed by atoms with Crippen LogP contribution in [0.3, 0.4) is 0 Å². The lowest BCUT2D eigenvalue weighted by Crippen LogP contribution is -2.44. The summed E-state index contributed by atoms with van der Waals surface area (Å²) in [6, 6.07) is 12.1. The number of nitrogens with zero attached hydrogens (tertiary/aromatic N) is 1. The van der Waals surface area contributed by atoms with Crippen molar-refractivity contribution in [2.24, 2.45) is 4.99 Å². The molecule has 1 unspecified atom stereocenters. The summed E-state index contributed by atoms with van der Waals surface area (Å²) >= 11 is 0. The molecule has 0 bridgehead atoms. The summed E-state index contributed by atoms with van der Waals surface area (Å²) in [7, 11) is 1.63. The minimum absolute atomic E-state index is 0. The topological polar surface area (TPSA) is 74.8 Å². The number of rotatable bonds is 9. The van der Waals surface area contributed by atoms with Crippen LogP contribution in [0.1, 0.15) is 12.5 Å². The Balaban J connectivity index is 0.00000450. The molecule has 0 heterocycles. The van der Waals surface area contributed by atoms with E-state index < -0.39 is 5.82 Å². The molecule has 2 rings (SSSR count). The molecule has 9 heteroatoms. The second kappa shape index (κ2) is 13.7. The highest BCUT2D eigenvalue weighted by Crippen LogP contribution is 2.16. The number of nitrogens with one attached hydrogen (secondary N) is 3. The highest BCUT2D eigenvalue weighted by Gasteiger charge is 2.09. The molecule has 0 aliphatic carbocycles. The SMILES string of the molecule is CN=C(NCCNC(=O)Cc1ccc(F)cc1)NCC(C)Oc1ccccc1F.I. The van der Waals surface area contributed by atoms with Crippen LogP contribution in [0.5, 0.6) is 5.75 Å². The van der Waals surface area contributed by atoms with Crippen LogP contribution in [0.15, 0.2) is 53.5 Å². The fourth-order valence-electron chi connectivity index (χ4n) is 2.49. The van der Waals surface area contributed by atoms with Gasteiger partial charge in [0.1, 0.15) is 11.9 Å². The van der Waals surface area contributed by atoms with Crippen LogP contribution in [0.2, 0.25) is 0 Å². The van der Waals surface area contributed by atoms with E-state index in [4.69, 9.17) is 4.74 Å². The van der Waals surface area contributed by atoms with E-state index in [0.29, 0.717) is 25.6 Å². The average Bonchev–Trinajstić information content (AvgIpc) is 2.71. The van der Waals surface area contributed by atoms with Crippen molar-refractivity contribution in [2.45, 2.75) is 19.4 Å². The Morgan fingerprint density at radius 2 is 1.70 bits per heavy atom. The molecule has 2 aromatic carbocycles. The molecule has 6 nitrogen and oxygen atoms in total. The third-order valence-corrected chi connectivity index (χ3v) is 3.96. The van der Waals surface area contributed by atoms with Crippen LogP contribution in [0, 0.1) is 11.6 Å². The van der Waals surface area contributed by atoms with Crippen molar-refractivity contribution in [2.75, 3.05) is 26.7 Å². The first kappa shape index (κ1) is 25.6. The molecular formula is C21H27F2IN4O2. The van der Waals surface area contributed by atoms with Crippen molar-refractivity contribution in [1.29, 1.82) is 0 Å². The van der Waals surface area contributed by atoms with E-state index in [2.05, 4.69) is 20.9 Å². The molecule has 0 fully saturated rings. The minimum atomic E-state index is -0.404. The third-order valence-electron chi connectivity index (χ3n) is 3.96. The highest BCUT2D eigenvalue weighted by atomic mass is 127. The number of carbonyl (C=O) groups excluding carboxylic acids is 1. The van der Waals surface area contributed by atoms with Gasteiger partial charge in [0.15, 0.2) is 17.5 Å². The van der Waals surface area contributed by atoms with Gasteiger partial charge in [-0.3, -0.25) is 9.79 Å². The van der Waals surface area contributed by atoms with Crippen molar-refractivity contribution in [3.63, 3.8) is 0 Å². The molecule has 0 saturated heterocycles. The lowest BCUT2D eigenvalue weighted by atomic mass is 10.1. The molecule has 3 N–H and O–H groups in total. The van der Waals surface area contributed by atoms with Gasteiger partial charge >= 0.3 is 0 Å². The molecular weight excluding hydrogens is 505 g/mol. The summed E-state index contributed by atoms with van der Waals surface area (Å²) in [4.78, 5) is 16.0. The lowest BCUT2D eigenvalue weighted by Gasteiger charge is -2.18. The third kappa shape index (κ3) is 9.38. The number of amides is 1. The summed E-state index contributed by atoms with van der Waals surface area (Å²) in [5, 5.41) is 8.94. The van der Waals surface area contributed by atoms with E-state index in [1.165, 1.54) is 18.2 Å². The van der Waals surface area contributed by atoms with Crippen LogP contribution in [-0.2, 0) is 11.2 Å². The van der Waals surface area contributed by atoms with E-state index >= 15 is 0 Å². The molecule has 1 amide bonds. The summed E-state index contributed by atoms with van der Waals surface area (Å²) in [5.41, 5.74) is 0.748. The van der Waals surface area contributed by atoms with Crippen molar-refractivity contribution in [1.82, 2.24) is 16.0 Å². The highest BCUT2D eigenvalue weighted by molar-refractivity contribution is 14.0. The van der Waals surface area contributed by atoms with Gasteiger partial charge in [-0.2, -0.15) is 0 Å². The maximum Gasteiger partial charge on any atom is 0.224 e. The number of halogens is 3. The van der Waals surface area contributed by atoms with Gasteiger partial charge in [-0.05, 0) is 36.8 Å². The predicted molar refractivity (Wildman–Crippen MR) is 124 cm³/mol. The second-order valence-electron chi connectivity index (χ2n) is 6.39. The number of guanidine groups is 1. The number of hydrogen-bond donors (Lipinski definition) is 3. The smallest absolute Gasteiger partial charge is 0.224 e. The normalized spacial score (nSPS) is 11.8. The molecule has 0 aliphatic rings. The van der Waals surface area contributed by atoms with Gasteiger partial charge in [0.25, 0.3) is 0 Å². The molecule has 0 spiro atoms. The van der Waals surface area contributed by atoms with Crippen LogP contribution >= 0.6 is 24.0 Å². The van der Waals surface area contributed by atoms with Crippen molar-refractivity contribution in [3.05, 3.63) is 65.7 Å². The minimum Gasteiger partial charge on any atom is -0.486 e. The van der Waals surface area contributed by atoms with Crippen molar-refractivity contribution < 1.29 is 18.3 Å². The maximum atomic E-state index is 13.6. The predicted octanol–water partition coefficient (Wildman–Crippen LogP) is 2.87. The monoisotopic (exact) mass is 532 g/mol. The Labute approximate surface area is 192 Å². The zero-order valence-electron chi connectivity index (χ0n) is 17.0. The second-order valence-corrected chi connectivity index (χ2v) is 6.39. The number of para-hydroxylation sites is 1. The van der Waals surface area contributed by atoms with Crippen LogP contribution in [0.25, 0.3) is 0 Å². The van der Waals surface area contributed by atoms with Crippen LogP contribution < -0.4 is 20.7 Å². The van der Waals surface area contributed by atoms with Gasteiger partial charge in [0.2, 0.25) is 5.91 Å². The van der Waals surface area contributed by atoms with Gasteiger partial charge in [-0.15, -0.1) is 24.0 Å².